The highest BCUT2D eigenvalue weighted by molar-refractivity contribution is 9.10. The Bertz CT molecular complexity index is 883. The number of nitrogens with zero attached hydrogens (tertiary/aromatic N) is 1. The molecule has 0 unspecified atom stereocenters. The Morgan fingerprint density at radius 2 is 1.86 bits per heavy atom. The molecular weight excluding hydrogens is 430 g/mol. The topological polar surface area (TPSA) is 107 Å². The molecule has 0 saturated carbocycles. The molecule has 0 aliphatic carbocycles. The van der Waals surface area contributed by atoms with Gasteiger partial charge in [0.15, 0.2) is 6.61 Å². The first-order chi connectivity index (χ1) is 13.4. The fraction of sp³-hybridized carbons (Fsp3) is 0.300. The number of aromatic hydroxyl groups is 2. The average Bonchev–Trinajstić information content (AvgIpc) is 3.13. The third-order valence-corrected chi connectivity index (χ3v) is 5.28. The van der Waals surface area contributed by atoms with Gasteiger partial charge in [-0.1, -0.05) is 15.9 Å². The number of phenols is 2. The molecule has 28 heavy (non-hydrogen) atoms. The van der Waals surface area contributed by atoms with Gasteiger partial charge in [-0.3, -0.25) is 14.5 Å². The number of hydrogen-bond donors (Lipinski definition) is 3. The van der Waals surface area contributed by atoms with E-state index in [2.05, 4.69) is 15.9 Å². The lowest BCUT2D eigenvalue weighted by Crippen LogP contribution is -2.35. The van der Waals surface area contributed by atoms with Crippen LogP contribution in [0.3, 0.4) is 0 Å². The maximum absolute atomic E-state index is 12.5. The first kappa shape index (κ1) is 20.2. The predicted octanol–water partition coefficient (Wildman–Crippen LogP) is 3.17. The van der Waals surface area contributed by atoms with Gasteiger partial charge in [0, 0.05) is 11.0 Å². The highest BCUT2D eigenvalue weighted by Gasteiger charge is 2.32. The number of halogens is 1. The van der Waals surface area contributed by atoms with Crippen LogP contribution in [0.5, 0.6) is 17.2 Å². The van der Waals surface area contributed by atoms with Crippen LogP contribution < -0.4 is 4.74 Å². The van der Waals surface area contributed by atoms with Crippen molar-refractivity contribution in [2.75, 3.05) is 13.2 Å². The van der Waals surface area contributed by atoms with Crippen molar-refractivity contribution in [2.24, 2.45) is 0 Å². The zero-order valence-corrected chi connectivity index (χ0v) is 16.6. The van der Waals surface area contributed by atoms with E-state index in [1.807, 2.05) is 0 Å². The number of carboxylic acids is 1. The minimum Gasteiger partial charge on any atom is -0.507 e. The molecule has 1 aliphatic heterocycles. The SMILES string of the molecule is O=C(COc1ccc(Br)cc1)c1ccc(O)c(CN2CCC[C@@H]2C(=O)O)c1O. The molecule has 0 aromatic heterocycles. The maximum atomic E-state index is 12.5. The molecule has 0 spiro atoms. The summed E-state index contributed by atoms with van der Waals surface area (Å²) in [6.07, 6.45) is 1.23. The molecule has 148 valence electrons. The van der Waals surface area contributed by atoms with Gasteiger partial charge in [0.05, 0.1) is 11.1 Å². The van der Waals surface area contributed by atoms with Gasteiger partial charge < -0.3 is 20.1 Å². The minimum absolute atomic E-state index is 0.0241. The Balaban J connectivity index is 1.75. The van der Waals surface area contributed by atoms with E-state index in [4.69, 9.17) is 4.74 Å². The van der Waals surface area contributed by atoms with E-state index in [-0.39, 0.29) is 35.8 Å². The molecule has 1 saturated heterocycles. The Morgan fingerprint density at radius 1 is 1.14 bits per heavy atom. The zero-order chi connectivity index (χ0) is 20.3. The fourth-order valence-corrected chi connectivity index (χ4v) is 3.53. The largest absolute Gasteiger partial charge is 0.507 e. The van der Waals surface area contributed by atoms with Gasteiger partial charge in [-0.25, -0.2) is 0 Å². The Kier molecular flexibility index (Phi) is 6.21. The number of ketones is 1. The van der Waals surface area contributed by atoms with Crippen LogP contribution in [-0.4, -0.2) is 51.2 Å². The minimum atomic E-state index is -0.938. The van der Waals surface area contributed by atoms with E-state index < -0.39 is 17.8 Å². The van der Waals surface area contributed by atoms with Crippen molar-refractivity contribution in [2.45, 2.75) is 25.4 Å². The third-order valence-electron chi connectivity index (χ3n) is 4.75. The molecule has 3 rings (SSSR count). The van der Waals surface area contributed by atoms with E-state index in [1.165, 1.54) is 12.1 Å². The maximum Gasteiger partial charge on any atom is 0.320 e. The number of likely N-dealkylation sites (tertiary alicyclic amines) is 1. The Hall–Kier alpha value is -2.58. The summed E-state index contributed by atoms with van der Waals surface area (Å²) in [6.45, 7) is 0.310. The average molecular weight is 450 g/mol. The molecule has 2 aromatic rings. The lowest BCUT2D eigenvalue weighted by molar-refractivity contribution is -0.142. The van der Waals surface area contributed by atoms with Crippen molar-refractivity contribution in [1.29, 1.82) is 0 Å². The first-order valence-electron chi connectivity index (χ1n) is 8.79. The van der Waals surface area contributed by atoms with Crippen LogP contribution in [0.15, 0.2) is 40.9 Å². The van der Waals surface area contributed by atoms with Crippen molar-refractivity contribution in [3.63, 3.8) is 0 Å². The van der Waals surface area contributed by atoms with E-state index in [9.17, 15) is 24.9 Å². The van der Waals surface area contributed by atoms with E-state index >= 15 is 0 Å². The number of hydrogen-bond acceptors (Lipinski definition) is 6. The van der Waals surface area contributed by atoms with Crippen LogP contribution in [0.4, 0.5) is 0 Å². The standard InChI is InChI=1S/C20H20BrNO6/c21-12-3-5-13(6-4-12)28-11-18(24)14-7-8-17(23)15(19(14)25)10-22-9-1-2-16(22)20(26)27/h3-8,16,23,25H,1-2,9-11H2,(H,26,27)/t16-/m1/s1. The molecule has 1 aliphatic rings. The number of aliphatic carboxylic acids is 1. The number of benzene rings is 2. The van der Waals surface area contributed by atoms with Crippen LogP contribution >= 0.6 is 15.9 Å². The number of rotatable bonds is 7. The van der Waals surface area contributed by atoms with Crippen LogP contribution in [-0.2, 0) is 11.3 Å². The monoisotopic (exact) mass is 449 g/mol. The van der Waals surface area contributed by atoms with Gasteiger partial charge >= 0.3 is 5.97 Å². The molecule has 7 nitrogen and oxygen atoms in total. The van der Waals surface area contributed by atoms with Gasteiger partial charge in [0.25, 0.3) is 0 Å². The number of phenolic OH excluding ortho intramolecular Hbond substituents is 2. The quantitative estimate of drug-likeness (QED) is 0.557. The third kappa shape index (κ3) is 4.45. The number of Topliss-reactive ketones (excluding diaryl/α,β-unsaturated/α-hetero) is 1. The molecule has 8 heteroatoms. The molecule has 0 bridgehead atoms. The number of carboxylic acid groups (broad SMARTS) is 1. The molecule has 0 radical (unpaired) electrons. The summed E-state index contributed by atoms with van der Waals surface area (Å²) < 4.78 is 6.34. The zero-order valence-electron chi connectivity index (χ0n) is 15.0. The van der Waals surface area contributed by atoms with Crippen LogP contribution in [0.2, 0.25) is 0 Å². The normalized spacial score (nSPS) is 16.8. The summed E-state index contributed by atoms with van der Waals surface area (Å²) in [7, 11) is 0. The molecule has 1 heterocycles. The summed E-state index contributed by atoms with van der Waals surface area (Å²) in [6, 6.07) is 8.97. The van der Waals surface area contributed by atoms with Crippen molar-refractivity contribution in [3.8, 4) is 17.2 Å². The van der Waals surface area contributed by atoms with E-state index in [0.717, 1.165) is 10.9 Å². The van der Waals surface area contributed by atoms with Crippen LogP contribution in [0.25, 0.3) is 0 Å². The predicted molar refractivity (Wildman–Crippen MR) is 105 cm³/mol. The molecule has 1 fully saturated rings. The first-order valence-corrected chi connectivity index (χ1v) is 9.58. The van der Waals surface area contributed by atoms with Gasteiger partial charge in [-0.2, -0.15) is 0 Å². The second kappa shape index (κ2) is 8.62. The van der Waals surface area contributed by atoms with Crippen LogP contribution in [0.1, 0.15) is 28.8 Å². The summed E-state index contributed by atoms with van der Waals surface area (Å²) in [4.78, 5) is 25.5. The lowest BCUT2D eigenvalue weighted by atomic mass is 10.0. The van der Waals surface area contributed by atoms with Crippen molar-refractivity contribution >= 4 is 27.7 Å². The molecule has 0 amide bonds. The second-order valence-electron chi connectivity index (χ2n) is 6.59. The smallest absolute Gasteiger partial charge is 0.320 e. The second-order valence-corrected chi connectivity index (χ2v) is 7.51. The highest BCUT2D eigenvalue weighted by Crippen LogP contribution is 2.34. The lowest BCUT2D eigenvalue weighted by Gasteiger charge is -2.22. The molecule has 1 atom stereocenters. The Labute approximate surface area is 170 Å². The summed E-state index contributed by atoms with van der Waals surface area (Å²) in [5.41, 5.74) is 0.165. The number of ether oxygens (including phenoxy) is 1. The van der Waals surface area contributed by atoms with Gasteiger partial charge in [0.1, 0.15) is 23.3 Å². The van der Waals surface area contributed by atoms with E-state index in [0.29, 0.717) is 18.7 Å². The van der Waals surface area contributed by atoms with Gasteiger partial charge in [-0.15, -0.1) is 0 Å². The summed E-state index contributed by atoms with van der Waals surface area (Å²) >= 11 is 3.32. The molecule has 3 N–H and O–H groups in total. The number of carbonyl (C=O) groups is 2. The van der Waals surface area contributed by atoms with Crippen molar-refractivity contribution < 1.29 is 29.6 Å². The van der Waals surface area contributed by atoms with Gasteiger partial charge in [0.2, 0.25) is 5.78 Å². The molecular formula is C20H20BrNO6. The molecule has 2 aromatic carbocycles. The summed E-state index contributed by atoms with van der Waals surface area (Å²) in [5, 5.41) is 30.0. The number of carbonyl (C=O) groups excluding carboxylic acids is 1. The van der Waals surface area contributed by atoms with E-state index in [1.54, 1.807) is 29.2 Å². The van der Waals surface area contributed by atoms with Crippen molar-refractivity contribution in [3.05, 3.63) is 52.0 Å². The van der Waals surface area contributed by atoms with Crippen molar-refractivity contribution in [1.82, 2.24) is 4.90 Å². The van der Waals surface area contributed by atoms with Gasteiger partial charge in [-0.05, 0) is 55.8 Å². The Morgan fingerprint density at radius 3 is 2.54 bits per heavy atom. The summed E-state index contributed by atoms with van der Waals surface area (Å²) in [5.74, 6) is -1.40. The fourth-order valence-electron chi connectivity index (χ4n) is 3.26. The highest BCUT2D eigenvalue weighted by atomic mass is 79.9. The van der Waals surface area contributed by atoms with Crippen LogP contribution in [0, 0.1) is 0 Å².